The SMILES string of the molecule is CC.CCC(C)c1ncncc1N=C[C@@H]1CN(C(=O)OCc2ccc(C)cc2F)CCO1. The van der Waals surface area contributed by atoms with E-state index in [2.05, 4.69) is 28.8 Å². The Morgan fingerprint density at radius 2 is 2.22 bits per heavy atom. The molecule has 1 unspecified atom stereocenters. The van der Waals surface area contributed by atoms with Crippen molar-refractivity contribution in [3.63, 3.8) is 0 Å². The first-order valence-corrected chi connectivity index (χ1v) is 11.1. The molecular weight excluding hydrogens is 411 g/mol. The van der Waals surface area contributed by atoms with Crippen LogP contribution in [0.1, 0.15) is 56.9 Å². The minimum atomic E-state index is -0.500. The van der Waals surface area contributed by atoms with Crippen LogP contribution in [0.4, 0.5) is 14.9 Å². The number of nitrogens with zero attached hydrogens (tertiary/aromatic N) is 4. The molecule has 0 spiro atoms. The Bertz CT molecular complexity index is 907. The molecule has 2 atom stereocenters. The van der Waals surface area contributed by atoms with Gasteiger partial charge in [0.15, 0.2) is 0 Å². The molecule has 1 aliphatic rings. The fourth-order valence-electron chi connectivity index (χ4n) is 3.10. The molecule has 0 saturated carbocycles. The Kier molecular flexibility index (Phi) is 10.2. The van der Waals surface area contributed by atoms with Crippen molar-refractivity contribution in [3.8, 4) is 0 Å². The summed E-state index contributed by atoms with van der Waals surface area (Å²) in [4.78, 5) is 26.9. The van der Waals surface area contributed by atoms with Crippen LogP contribution in [0.5, 0.6) is 0 Å². The zero-order chi connectivity index (χ0) is 23.5. The van der Waals surface area contributed by atoms with E-state index in [1.807, 2.05) is 20.8 Å². The molecule has 1 amide bonds. The maximum atomic E-state index is 13.9. The van der Waals surface area contributed by atoms with Gasteiger partial charge in [-0.1, -0.05) is 39.8 Å². The molecule has 8 heteroatoms. The number of carbonyl (C=O) groups is 1. The second-order valence-corrected chi connectivity index (χ2v) is 7.39. The molecule has 174 valence electrons. The standard InChI is InChI=1S/C22H27FN4O3.C2H6/c1-4-16(3)21-20(11-24-14-26-21)25-10-18-12-27(7-8-29-18)22(28)30-13-17-6-5-15(2)9-19(17)23;1-2/h5-6,9-11,14,16,18H,4,7-8,12-13H2,1-3H3;1-2H3/t16?,18-;/m1./s1. The highest BCUT2D eigenvalue weighted by molar-refractivity contribution is 5.72. The number of aromatic nitrogens is 2. The van der Waals surface area contributed by atoms with Crippen molar-refractivity contribution in [2.24, 2.45) is 4.99 Å². The Morgan fingerprint density at radius 3 is 2.94 bits per heavy atom. The van der Waals surface area contributed by atoms with Crippen LogP contribution in [0.25, 0.3) is 0 Å². The molecule has 2 heterocycles. The van der Waals surface area contributed by atoms with Gasteiger partial charge >= 0.3 is 6.09 Å². The summed E-state index contributed by atoms with van der Waals surface area (Å²) < 4.78 is 24.9. The fraction of sp³-hybridized carbons (Fsp3) is 0.500. The number of morpholine rings is 1. The van der Waals surface area contributed by atoms with Crippen molar-refractivity contribution in [1.29, 1.82) is 0 Å². The van der Waals surface area contributed by atoms with E-state index in [0.29, 0.717) is 30.9 Å². The average Bonchev–Trinajstić information content (AvgIpc) is 2.83. The van der Waals surface area contributed by atoms with Gasteiger partial charge in [0.1, 0.15) is 30.5 Å². The predicted molar refractivity (Wildman–Crippen MR) is 123 cm³/mol. The summed E-state index contributed by atoms with van der Waals surface area (Å²) in [6, 6.07) is 4.84. The van der Waals surface area contributed by atoms with Crippen molar-refractivity contribution in [3.05, 3.63) is 53.4 Å². The summed E-state index contributed by atoms with van der Waals surface area (Å²) in [6.07, 6.45) is 4.94. The number of hydrogen-bond acceptors (Lipinski definition) is 6. The number of rotatable bonds is 6. The van der Waals surface area contributed by atoms with Crippen LogP contribution in [0.2, 0.25) is 0 Å². The monoisotopic (exact) mass is 444 g/mol. The minimum absolute atomic E-state index is 0.110. The second-order valence-electron chi connectivity index (χ2n) is 7.39. The van der Waals surface area contributed by atoms with E-state index in [0.717, 1.165) is 17.7 Å². The van der Waals surface area contributed by atoms with Gasteiger partial charge in [-0.05, 0) is 25.0 Å². The van der Waals surface area contributed by atoms with E-state index in [1.165, 1.54) is 12.4 Å². The maximum Gasteiger partial charge on any atom is 0.410 e. The summed E-state index contributed by atoms with van der Waals surface area (Å²) in [5, 5.41) is 0. The first-order valence-electron chi connectivity index (χ1n) is 11.1. The second kappa shape index (κ2) is 12.9. The van der Waals surface area contributed by atoms with E-state index >= 15 is 0 Å². The van der Waals surface area contributed by atoms with Crippen LogP contribution in [0, 0.1) is 12.7 Å². The van der Waals surface area contributed by atoms with E-state index in [1.54, 1.807) is 29.4 Å². The Labute approximate surface area is 189 Å². The minimum Gasteiger partial charge on any atom is -0.444 e. The number of benzene rings is 1. The van der Waals surface area contributed by atoms with Crippen molar-refractivity contribution in [2.45, 2.75) is 59.7 Å². The molecule has 3 rings (SSSR count). The Balaban J connectivity index is 0.00000176. The van der Waals surface area contributed by atoms with Crippen LogP contribution < -0.4 is 0 Å². The number of ether oxygens (including phenoxy) is 2. The quantitative estimate of drug-likeness (QED) is 0.572. The normalized spacial score (nSPS) is 16.9. The van der Waals surface area contributed by atoms with Gasteiger partial charge in [-0.15, -0.1) is 0 Å². The van der Waals surface area contributed by atoms with Gasteiger partial charge in [0.2, 0.25) is 0 Å². The summed E-state index contributed by atoms with van der Waals surface area (Å²) in [6.45, 7) is 11.0. The third-order valence-corrected chi connectivity index (χ3v) is 5.09. The molecule has 0 bridgehead atoms. The molecule has 1 aromatic carbocycles. The molecule has 32 heavy (non-hydrogen) atoms. The first-order chi connectivity index (χ1) is 15.5. The molecule has 1 aliphatic heterocycles. The first kappa shape index (κ1) is 25.4. The van der Waals surface area contributed by atoms with Crippen molar-refractivity contribution in [2.75, 3.05) is 19.7 Å². The van der Waals surface area contributed by atoms with Gasteiger partial charge in [0.05, 0.1) is 25.0 Å². The van der Waals surface area contributed by atoms with Gasteiger partial charge in [-0.2, -0.15) is 0 Å². The van der Waals surface area contributed by atoms with Crippen LogP contribution in [-0.2, 0) is 16.1 Å². The van der Waals surface area contributed by atoms with Crippen LogP contribution in [0.15, 0.2) is 35.7 Å². The third kappa shape index (κ3) is 7.09. The summed E-state index contributed by atoms with van der Waals surface area (Å²) in [5.74, 6) is -0.113. The lowest BCUT2D eigenvalue weighted by Gasteiger charge is -2.30. The van der Waals surface area contributed by atoms with Crippen molar-refractivity contribution >= 4 is 18.0 Å². The van der Waals surface area contributed by atoms with E-state index in [4.69, 9.17) is 9.47 Å². The summed E-state index contributed by atoms with van der Waals surface area (Å²) >= 11 is 0. The number of hydrogen-bond donors (Lipinski definition) is 0. The Hall–Kier alpha value is -2.87. The topological polar surface area (TPSA) is 76.9 Å². The van der Waals surface area contributed by atoms with Crippen LogP contribution in [0.3, 0.4) is 0 Å². The van der Waals surface area contributed by atoms with Crippen LogP contribution >= 0.6 is 0 Å². The van der Waals surface area contributed by atoms with E-state index in [9.17, 15) is 9.18 Å². The molecule has 7 nitrogen and oxygen atoms in total. The Morgan fingerprint density at radius 1 is 1.44 bits per heavy atom. The zero-order valence-electron chi connectivity index (χ0n) is 19.5. The third-order valence-electron chi connectivity index (χ3n) is 5.09. The lowest BCUT2D eigenvalue weighted by molar-refractivity contribution is 0.00313. The highest BCUT2D eigenvalue weighted by Crippen LogP contribution is 2.25. The van der Waals surface area contributed by atoms with Gasteiger partial charge < -0.3 is 14.4 Å². The molecule has 0 aliphatic carbocycles. The lowest BCUT2D eigenvalue weighted by Crippen LogP contribution is -2.46. The zero-order valence-corrected chi connectivity index (χ0v) is 19.5. The number of halogens is 1. The molecule has 0 radical (unpaired) electrons. The van der Waals surface area contributed by atoms with Crippen molar-refractivity contribution in [1.82, 2.24) is 14.9 Å². The highest BCUT2D eigenvalue weighted by Gasteiger charge is 2.24. The molecule has 1 fully saturated rings. The molecule has 0 N–H and O–H groups in total. The van der Waals surface area contributed by atoms with E-state index < -0.39 is 6.09 Å². The maximum absolute atomic E-state index is 13.9. The molecule has 2 aromatic rings. The fourth-order valence-corrected chi connectivity index (χ4v) is 3.10. The van der Waals surface area contributed by atoms with E-state index in [-0.39, 0.29) is 24.4 Å². The molecule has 1 saturated heterocycles. The average molecular weight is 445 g/mol. The summed E-state index contributed by atoms with van der Waals surface area (Å²) in [5.41, 5.74) is 2.75. The van der Waals surface area contributed by atoms with Crippen molar-refractivity contribution < 1.29 is 18.7 Å². The number of aryl methyl sites for hydroxylation is 1. The van der Waals surface area contributed by atoms with Gasteiger partial charge in [-0.3, -0.25) is 4.99 Å². The molecule has 1 aromatic heterocycles. The summed E-state index contributed by atoms with van der Waals surface area (Å²) in [7, 11) is 0. The highest BCUT2D eigenvalue weighted by atomic mass is 19.1. The smallest absolute Gasteiger partial charge is 0.410 e. The molecular formula is C24H33FN4O3. The van der Waals surface area contributed by atoms with Gasteiger partial charge in [-0.25, -0.2) is 19.2 Å². The largest absolute Gasteiger partial charge is 0.444 e. The van der Waals surface area contributed by atoms with Gasteiger partial charge in [0.25, 0.3) is 0 Å². The number of aliphatic imine (C=N–C) groups is 1. The lowest BCUT2D eigenvalue weighted by atomic mass is 10.0. The van der Waals surface area contributed by atoms with Gasteiger partial charge in [0, 0.05) is 24.2 Å². The van der Waals surface area contributed by atoms with Crippen LogP contribution in [-0.4, -0.2) is 53.0 Å². The number of amides is 1. The predicted octanol–water partition coefficient (Wildman–Crippen LogP) is 5.20. The number of carbonyl (C=O) groups excluding carboxylic acids is 1.